The fraction of sp³-hybridized carbons (Fsp3) is 0. The summed E-state index contributed by atoms with van der Waals surface area (Å²) in [6, 6.07) is 25.4. The monoisotopic (exact) mass is 451 g/mol. The first-order valence-corrected chi connectivity index (χ1v) is 10.2. The van der Waals surface area contributed by atoms with Crippen molar-refractivity contribution in [2.75, 3.05) is 0 Å². The number of nitrogens with zero attached hydrogens (tertiary/aromatic N) is 7. The van der Waals surface area contributed by atoms with Gasteiger partial charge < -0.3 is 0 Å². The van der Waals surface area contributed by atoms with E-state index in [-0.39, 0.29) is 5.82 Å². The van der Waals surface area contributed by atoms with Gasteiger partial charge in [-0.2, -0.15) is 0 Å². The molecule has 0 atom stereocenters. The van der Waals surface area contributed by atoms with Gasteiger partial charge in [-0.1, -0.05) is 54.6 Å². The summed E-state index contributed by atoms with van der Waals surface area (Å²) in [4.78, 5) is 29.8. The summed E-state index contributed by atoms with van der Waals surface area (Å²) >= 11 is 0. The number of carbonyl (C=O) groups is 2. The van der Waals surface area contributed by atoms with E-state index in [4.69, 9.17) is 0 Å². The van der Waals surface area contributed by atoms with E-state index in [1.54, 1.807) is 28.9 Å². The molecule has 0 aliphatic carbocycles. The normalized spacial score (nSPS) is 10.6. The van der Waals surface area contributed by atoms with Crippen LogP contribution in [0.2, 0.25) is 0 Å². The number of hydrazine groups is 1. The zero-order chi connectivity index (χ0) is 23.3. The zero-order valence-electron chi connectivity index (χ0n) is 17.6. The van der Waals surface area contributed by atoms with Gasteiger partial charge in [-0.15, -0.1) is 10.2 Å². The van der Waals surface area contributed by atoms with Crippen molar-refractivity contribution in [2.45, 2.75) is 0 Å². The van der Waals surface area contributed by atoms with Gasteiger partial charge in [-0.25, -0.2) is 14.3 Å². The maximum Gasteiger partial charge on any atom is 0.309 e. The number of hydrogen-bond acceptors (Lipinski definition) is 7. The van der Waals surface area contributed by atoms with Crippen molar-refractivity contribution in [1.29, 1.82) is 0 Å². The lowest BCUT2D eigenvalue weighted by molar-refractivity contribution is 0.0841. The summed E-state index contributed by atoms with van der Waals surface area (Å²) in [7, 11) is 0. The number of para-hydroxylation sites is 1. The Morgan fingerprint density at radius 1 is 0.765 bits per heavy atom. The molecule has 0 radical (unpaired) electrons. The predicted octanol–water partition coefficient (Wildman–Crippen LogP) is 1.98. The van der Waals surface area contributed by atoms with Crippen molar-refractivity contribution in [3.8, 4) is 22.8 Å². The van der Waals surface area contributed by atoms with Crippen molar-refractivity contribution in [3.63, 3.8) is 0 Å². The molecule has 11 nitrogen and oxygen atoms in total. The number of benzene rings is 3. The lowest BCUT2D eigenvalue weighted by Gasteiger charge is -2.07. The van der Waals surface area contributed by atoms with Crippen LogP contribution in [0.3, 0.4) is 0 Å². The van der Waals surface area contributed by atoms with E-state index in [0.717, 1.165) is 11.3 Å². The smallest absolute Gasteiger partial charge is 0.267 e. The highest BCUT2D eigenvalue weighted by atomic mass is 16.2. The Bertz CT molecular complexity index is 1380. The maximum atomic E-state index is 12.8. The van der Waals surface area contributed by atoms with E-state index in [1.165, 1.54) is 11.0 Å². The van der Waals surface area contributed by atoms with Crippen LogP contribution in [0.1, 0.15) is 21.0 Å². The number of amides is 2. The molecule has 2 amide bonds. The molecular formula is C23H17N9O2. The summed E-state index contributed by atoms with van der Waals surface area (Å²) < 4.78 is 3.00. The highest BCUT2D eigenvalue weighted by Crippen LogP contribution is 2.21. The Balaban J connectivity index is 1.36. The van der Waals surface area contributed by atoms with Crippen LogP contribution in [0.25, 0.3) is 22.8 Å². The largest absolute Gasteiger partial charge is 0.309 e. The number of hydrogen-bond donors (Lipinski definition) is 2. The summed E-state index contributed by atoms with van der Waals surface area (Å²) in [5.41, 5.74) is 7.20. The summed E-state index contributed by atoms with van der Waals surface area (Å²) in [6.45, 7) is 0. The highest BCUT2D eigenvalue weighted by Gasteiger charge is 2.19. The molecular weight excluding hydrogens is 434 g/mol. The van der Waals surface area contributed by atoms with Gasteiger partial charge in [0.15, 0.2) is 5.82 Å². The molecule has 0 fully saturated rings. The minimum atomic E-state index is -0.656. The molecule has 11 heteroatoms. The molecule has 5 rings (SSSR count). The van der Waals surface area contributed by atoms with Gasteiger partial charge in [0.2, 0.25) is 5.82 Å². The molecule has 0 unspecified atom stereocenters. The van der Waals surface area contributed by atoms with Crippen LogP contribution in [0, 0.1) is 0 Å². The SMILES string of the molecule is O=C(NNC(=O)c1nc(-c2ccccc2)n(-c2ccccc2)n1)c1cccc(-n2cnnn2)c1. The minimum absolute atomic E-state index is 0.0922. The first-order valence-electron chi connectivity index (χ1n) is 10.2. The van der Waals surface area contributed by atoms with Crippen molar-refractivity contribution >= 4 is 11.8 Å². The van der Waals surface area contributed by atoms with Crippen LogP contribution in [0.15, 0.2) is 91.3 Å². The lowest BCUT2D eigenvalue weighted by Crippen LogP contribution is -2.42. The molecule has 34 heavy (non-hydrogen) atoms. The van der Waals surface area contributed by atoms with Gasteiger partial charge >= 0.3 is 5.91 Å². The van der Waals surface area contributed by atoms with E-state index >= 15 is 0 Å². The average molecular weight is 451 g/mol. The fourth-order valence-corrected chi connectivity index (χ4v) is 3.24. The Hall–Kier alpha value is -5.19. The quantitative estimate of drug-likeness (QED) is 0.391. The number of nitrogens with one attached hydrogen (secondary N) is 2. The summed E-state index contributed by atoms with van der Waals surface area (Å²) in [5.74, 6) is -0.770. The summed E-state index contributed by atoms with van der Waals surface area (Å²) in [5, 5.41) is 15.3. The van der Waals surface area contributed by atoms with Crippen molar-refractivity contribution in [1.82, 2.24) is 45.8 Å². The van der Waals surface area contributed by atoms with Crippen LogP contribution in [-0.4, -0.2) is 46.8 Å². The molecule has 0 spiro atoms. The third-order valence-electron chi connectivity index (χ3n) is 4.85. The second-order valence-electron chi connectivity index (χ2n) is 7.09. The second-order valence-corrected chi connectivity index (χ2v) is 7.09. The average Bonchev–Trinajstić information content (AvgIpc) is 3.59. The minimum Gasteiger partial charge on any atom is -0.267 e. The molecule has 3 aromatic carbocycles. The molecule has 2 aromatic heterocycles. The van der Waals surface area contributed by atoms with Gasteiger partial charge in [-0.3, -0.25) is 20.4 Å². The van der Waals surface area contributed by atoms with Crippen LogP contribution in [-0.2, 0) is 0 Å². The summed E-state index contributed by atoms with van der Waals surface area (Å²) in [6.07, 6.45) is 1.41. The molecule has 2 heterocycles. The van der Waals surface area contributed by atoms with E-state index < -0.39 is 11.8 Å². The molecule has 0 bridgehead atoms. The van der Waals surface area contributed by atoms with Crippen molar-refractivity contribution < 1.29 is 9.59 Å². The van der Waals surface area contributed by atoms with Gasteiger partial charge in [0.1, 0.15) is 6.33 Å². The third-order valence-corrected chi connectivity index (χ3v) is 4.85. The van der Waals surface area contributed by atoms with Crippen LogP contribution in [0.5, 0.6) is 0 Å². The Labute approximate surface area is 193 Å². The standard InChI is InChI=1S/C23H17N9O2/c33-22(17-10-7-13-19(14-17)31-15-24-29-30-31)26-27-23(34)20-25-21(16-8-3-1-4-9-16)32(28-20)18-11-5-2-6-12-18/h1-15H,(H,26,33)(H,27,34). The third kappa shape index (κ3) is 4.25. The maximum absolute atomic E-state index is 12.8. The molecule has 5 aromatic rings. The van der Waals surface area contributed by atoms with E-state index in [0.29, 0.717) is 17.1 Å². The first-order chi connectivity index (χ1) is 16.7. The molecule has 2 N–H and O–H groups in total. The fourth-order valence-electron chi connectivity index (χ4n) is 3.24. The number of aromatic nitrogens is 7. The van der Waals surface area contributed by atoms with Crippen molar-refractivity contribution in [2.24, 2.45) is 0 Å². The van der Waals surface area contributed by atoms with Crippen LogP contribution < -0.4 is 10.9 Å². The Morgan fingerprint density at radius 2 is 1.47 bits per heavy atom. The number of rotatable bonds is 5. The molecule has 0 aliphatic rings. The molecule has 0 aliphatic heterocycles. The first kappa shape index (κ1) is 20.7. The van der Waals surface area contributed by atoms with Gasteiger partial charge in [-0.05, 0) is 40.8 Å². The lowest BCUT2D eigenvalue weighted by atomic mass is 10.2. The van der Waals surface area contributed by atoms with E-state index in [1.807, 2.05) is 60.7 Å². The highest BCUT2D eigenvalue weighted by molar-refractivity contribution is 5.98. The second kappa shape index (κ2) is 9.12. The Morgan fingerprint density at radius 3 is 2.21 bits per heavy atom. The number of carbonyl (C=O) groups excluding carboxylic acids is 2. The number of tetrazole rings is 1. The van der Waals surface area contributed by atoms with Crippen LogP contribution in [0.4, 0.5) is 0 Å². The predicted molar refractivity (Wildman–Crippen MR) is 121 cm³/mol. The van der Waals surface area contributed by atoms with Gasteiger partial charge in [0.05, 0.1) is 11.4 Å². The van der Waals surface area contributed by atoms with E-state index in [9.17, 15) is 9.59 Å². The molecule has 166 valence electrons. The topological polar surface area (TPSA) is 133 Å². The van der Waals surface area contributed by atoms with Crippen molar-refractivity contribution in [3.05, 3.63) is 103 Å². The van der Waals surface area contributed by atoms with Crippen LogP contribution >= 0.6 is 0 Å². The molecule has 0 saturated carbocycles. The van der Waals surface area contributed by atoms with Gasteiger partial charge in [0, 0.05) is 11.1 Å². The molecule has 0 saturated heterocycles. The zero-order valence-corrected chi connectivity index (χ0v) is 17.6. The Kier molecular flexibility index (Phi) is 5.55. The van der Waals surface area contributed by atoms with Gasteiger partial charge in [0.25, 0.3) is 5.91 Å². The van der Waals surface area contributed by atoms with E-state index in [2.05, 4.69) is 36.5 Å².